The van der Waals surface area contributed by atoms with Gasteiger partial charge < -0.3 is 19.7 Å². The van der Waals surface area contributed by atoms with Gasteiger partial charge in [-0.15, -0.1) is 0 Å². The van der Waals surface area contributed by atoms with E-state index in [4.69, 9.17) is 9.47 Å². The maximum atomic E-state index is 13.2. The van der Waals surface area contributed by atoms with Crippen LogP contribution in [0.25, 0.3) is 0 Å². The Bertz CT molecular complexity index is 901. The lowest BCUT2D eigenvalue weighted by Crippen LogP contribution is -2.50. The van der Waals surface area contributed by atoms with E-state index in [0.29, 0.717) is 12.3 Å². The van der Waals surface area contributed by atoms with Crippen LogP contribution in [0.4, 0.5) is 0 Å². The lowest BCUT2D eigenvalue weighted by Gasteiger charge is -2.30. The van der Waals surface area contributed by atoms with Crippen molar-refractivity contribution >= 4 is 11.8 Å². The van der Waals surface area contributed by atoms with E-state index in [0.717, 1.165) is 16.9 Å². The van der Waals surface area contributed by atoms with Crippen molar-refractivity contribution in [3.8, 4) is 11.5 Å². The number of amides is 2. The molecule has 2 amide bonds. The fourth-order valence-electron chi connectivity index (χ4n) is 3.35. The van der Waals surface area contributed by atoms with E-state index >= 15 is 0 Å². The Labute approximate surface area is 191 Å². The Balaban J connectivity index is 2.22. The number of rotatable bonds is 9. The van der Waals surface area contributed by atoms with Crippen LogP contribution >= 0.6 is 0 Å². The molecule has 0 heterocycles. The molecule has 0 radical (unpaired) electrons. The van der Waals surface area contributed by atoms with E-state index in [1.807, 2.05) is 62.4 Å². The lowest BCUT2D eigenvalue weighted by molar-refractivity contribution is -0.142. The van der Waals surface area contributed by atoms with Gasteiger partial charge in [0.2, 0.25) is 5.91 Å². The molecule has 0 bridgehead atoms. The van der Waals surface area contributed by atoms with E-state index in [-0.39, 0.29) is 29.9 Å². The fourth-order valence-corrected chi connectivity index (χ4v) is 3.35. The van der Waals surface area contributed by atoms with Gasteiger partial charge in [-0.05, 0) is 55.5 Å². The number of methoxy groups -OCH3 is 1. The second-order valence-corrected chi connectivity index (χ2v) is 9.24. The molecule has 0 aromatic heterocycles. The van der Waals surface area contributed by atoms with Gasteiger partial charge >= 0.3 is 0 Å². The third kappa shape index (κ3) is 7.01. The van der Waals surface area contributed by atoms with E-state index in [1.54, 1.807) is 18.9 Å². The molecule has 2 rings (SSSR count). The van der Waals surface area contributed by atoms with Crippen LogP contribution in [0, 0.1) is 0 Å². The van der Waals surface area contributed by atoms with Gasteiger partial charge in [0.05, 0.1) is 7.11 Å². The number of carbonyl (C=O) groups excluding carboxylic acids is 2. The van der Waals surface area contributed by atoms with Gasteiger partial charge in [-0.2, -0.15) is 0 Å². The number of hydrogen-bond acceptors (Lipinski definition) is 4. The molecule has 0 unspecified atom stereocenters. The average Bonchev–Trinajstić information content (AvgIpc) is 2.74. The number of nitrogens with zero attached hydrogens (tertiary/aromatic N) is 1. The van der Waals surface area contributed by atoms with Crippen LogP contribution in [0.15, 0.2) is 48.5 Å². The molecule has 0 saturated heterocycles. The first kappa shape index (κ1) is 25.2. The second kappa shape index (κ2) is 11.0. The normalized spacial score (nSPS) is 12.2. The predicted molar refractivity (Wildman–Crippen MR) is 127 cm³/mol. The van der Waals surface area contributed by atoms with E-state index in [1.165, 1.54) is 0 Å². The number of hydrogen-bond donors (Lipinski definition) is 1. The molecule has 1 atom stereocenters. The Morgan fingerprint density at radius 3 is 2.19 bits per heavy atom. The summed E-state index contributed by atoms with van der Waals surface area (Å²) in [7, 11) is 1.61. The Morgan fingerprint density at radius 1 is 1.00 bits per heavy atom. The molecular weight excluding hydrogens is 404 g/mol. The Morgan fingerprint density at radius 2 is 1.62 bits per heavy atom. The van der Waals surface area contributed by atoms with Gasteiger partial charge in [0, 0.05) is 12.6 Å². The van der Waals surface area contributed by atoms with Crippen LogP contribution in [0.3, 0.4) is 0 Å². The number of nitrogens with one attached hydrogen (secondary N) is 1. The summed E-state index contributed by atoms with van der Waals surface area (Å²) in [5.74, 6) is 0.962. The molecule has 6 heteroatoms. The first-order valence-electron chi connectivity index (χ1n) is 11.0. The highest BCUT2D eigenvalue weighted by molar-refractivity contribution is 5.88. The Hall–Kier alpha value is -3.02. The van der Waals surface area contributed by atoms with Crippen molar-refractivity contribution in [2.45, 2.75) is 65.6 Å². The summed E-state index contributed by atoms with van der Waals surface area (Å²) in [5.41, 5.74) is 1.81. The maximum absolute atomic E-state index is 13.2. The summed E-state index contributed by atoms with van der Waals surface area (Å²) in [6, 6.07) is 14.5. The van der Waals surface area contributed by atoms with Crippen LogP contribution in [-0.2, 0) is 21.5 Å². The third-order valence-electron chi connectivity index (χ3n) is 5.16. The summed E-state index contributed by atoms with van der Waals surface area (Å²) in [6.07, 6.45) is 0. The molecule has 0 aliphatic heterocycles. The van der Waals surface area contributed by atoms with Gasteiger partial charge in [-0.25, -0.2) is 0 Å². The Kier molecular flexibility index (Phi) is 8.70. The standard InChI is InChI=1S/C26H36N2O4/c1-18(2)27-25(30)19(3)28(16-20-12-14-21(31-7)15-13-20)24(29)17-32-23-11-9-8-10-22(23)26(4,5)6/h8-15,18-19H,16-17H2,1-7H3,(H,27,30)/t19-/m0/s1. The number of benzene rings is 2. The molecule has 2 aromatic carbocycles. The third-order valence-corrected chi connectivity index (χ3v) is 5.16. The summed E-state index contributed by atoms with van der Waals surface area (Å²) in [4.78, 5) is 27.5. The number of carbonyl (C=O) groups is 2. The van der Waals surface area contributed by atoms with E-state index in [2.05, 4.69) is 26.1 Å². The van der Waals surface area contributed by atoms with Crippen LogP contribution in [0.1, 0.15) is 52.7 Å². The predicted octanol–water partition coefficient (Wildman–Crippen LogP) is 4.31. The molecule has 174 valence electrons. The highest BCUT2D eigenvalue weighted by Gasteiger charge is 2.27. The van der Waals surface area contributed by atoms with Crippen molar-refractivity contribution in [1.82, 2.24) is 10.2 Å². The minimum atomic E-state index is -0.645. The number of para-hydroxylation sites is 1. The van der Waals surface area contributed by atoms with Crippen molar-refractivity contribution in [3.05, 3.63) is 59.7 Å². The molecular formula is C26H36N2O4. The molecule has 2 aromatic rings. The zero-order valence-electron chi connectivity index (χ0n) is 20.3. The minimum Gasteiger partial charge on any atom is -0.497 e. The topological polar surface area (TPSA) is 67.9 Å². The molecule has 0 aliphatic carbocycles. The first-order valence-corrected chi connectivity index (χ1v) is 11.0. The van der Waals surface area contributed by atoms with Crippen molar-refractivity contribution in [3.63, 3.8) is 0 Å². The second-order valence-electron chi connectivity index (χ2n) is 9.24. The quantitative estimate of drug-likeness (QED) is 0.631. The zero-order valence-corrected chi connectivity index (χ0v) is 20.3. The molecule has 0 spiro atoms. The molecule has 0 fully saturated rings. The summed E-state index contributed by atoms with van der Waals surface area (Å²) in [5, 5.41) is 2.89. The van der Waals surface area contributed by atoms with Gasteiger partial charge in [0.1, 0.15) is 17.5 Å². The van der Waals surface area contributed by atoms with Crippen LogP contribution in [-0.4, -0.2) is 42.5 Å². The molecule has 32 heavy (non-hydrogen) atoms. The smallest absolute Gasteiger partial charge is 0.261 e. The van der Waals surface area contributed by atoms with E-state index in [9.17, 15) is 9.59 Å². The van der Waals surface area contributed by atoms with Gasteiger partial charge in [0.15, 0.2) is 6.61 Å². The van der Waals surface area contributed by atoms with Crippen LogP contribution in [0.5, 0.6) is 11.5 Å². The fraction of sp³-hybridized carbons (Fsp3) is 0.462. The van der Waals surface area contributed by atoms with Gasteiger partial charge in [-0.1, -0.05) is 51.1 Å². The minimum absolute atomic E-state index is 0.0159. The monoisotopic (exact) mass is 440 g/mol. The van der Waals surface area contributed by atoms with E-state index < -0.39 is 6.04 Å². The molecule has 0 saturated carbocycles. The maximum Gasteiger partial charge on any atom is 0.261 e. The van der Waals surface area contributed by atoms with Gasteiger partial charge in [-0.3, -0.25) is 9.59 Å². The summed E-state index contributed by atoms with van der Waals surface area (Å²) < 4.78 is 11.2. The van der Waals surface area contributed by atoms with Crippen molar-refractivity contribution < 1.29 is 19.1 Å². The SMILES string of the molecule is COc1ccc(CN(C(=O)COc2ccccc2C(C)(C)C)[C@@H](C)C(=O)NC(C)C)cc1. The van der Waals surface area contributed by atoms with Crippen molar-refractivity contribution in [1.29, 1.82) is 0 Å². The first-order chi connectivity index (χ1) is 15.0. The largest absolute Gasteiger partial charge is 0.497 e. The summed E-state index contributed by atoms with van der Waals surface area (Å²) in [6.45, 7) is 12.0. The van der Waals surface area contributed by atoms with Crippen molar-refractivity contribution in [2.24, 2.45) is 0 Å². The summed E-state index contributed by atoms with van der Waals surface area (Å²) >= 11 is 0. The highest BCUT2D eigenvalue weighted by Crippen LogP contribution is 2.31. The molecule has 6 nitrogen and oxygen atoms in total. The molecule has 0 aliphatic rings. The molecule has 1 N–H and O–H groups in total. The average molecular weight is 441 g/mol. The van der Waals surface area contributed by atoms with Crippen molar-refractivity contribution in [2.75, 3.05) is 13.7 Å². The van der Waals surface area contributed by atoms with Crippen LogP contribution < -0.4 is 14.8 Å². The van der Waals surface area contributed by atoms with Gasteiger partial charge in [0.25, 0.3) is 5.91 Å². The lowest BCUT2D eigenvalue weighted by atomic mass is 9.86. The highest BCUT2D eigenvalue weighted by atomic mass is 16.5. The number of ether oxygens (including phenoxy) is 2. The zero-order chi connectivity index (χ0) is 23.9. The van der Waals surface area contributed by atoms with Crippen LogP contribution in [0.2, 0.25) is 0 Å².